The normalized spacial score (nSPS) is 14.8. The maximum atomic E-state index is 5.70. The number of ether oxygens (including phenoxy) is 1. The van der Waals surface area contributed by atoms with Crippen molar-refractivity contribution in [2.45, 2.75) is 18.4 Å². The summed E-state index contributed by atoms with van der Waals surface area (Å²) in [6, 6.07) is 0. The summed E-state index contributed by atoms with van der Waals surface area (Å²) in [5.74, 6) is 0.557. The molecule has 2 heterocycles. The van der Waals surface area contributed by atoms with E-state index in [4.69, 9.17) is 10.5 Å². The third kappa shape index (κ3) is 1.15. The van der Waals surface area contributed by atoms with Crippen molar-refractivity contribution in [2.24, 2.45) is 0 Å². The summed E-state index contributed by atoms with van der Waals surface area (Å²) in [6.45, 7) is 1.12. The fraction of sp³-hybridized carbons (Fsp3) is 0.429. The van der Waals surface area contributed by atoms with Gasteiger partial charge < -0.3 is 10.5 Å². The topological polar surface area (TPSA) is 61.0 Å². The van der Waals surface area contributed by atoms with Crippen LogP contribution in [0, 0.1) is 0 Å². The van der Waals surface area contributed by atoms with Crippen molar-refractivity contribution in [3.8, 4) is 0 Å². The van der Waals surface area contributed by atoms with E-state index in [0.29, 0.717) is 19.0 Å². The minimum atomic E-state index is 0.551. The zero-order valence-electron chi connectivity index (χ0n) is 6.70. The Morgan fingerprint density at radius 3 is 3.00 bits per heavy atom. The first-order valence-corrected chi connectivity index (χ1v) is 4.80. The van der Waals surface area contributed by atoms with Crippen LogP contribution >= 0.6 is 11.8 Å². The minimum Gasteiger partial charge on any atom is -0.383 e. The van der Waals surface area contributed by atoms with Gasteiger partial charge in [-0.3, -0.25) is 0 Å². The van der Waals surface area contributed by atoms with E-state index in [1.54, 1.807) is 0 Å². The van der Waals surface area contributed by atoms with E-state index in [-0.39, 0.29) is 0 Å². The number of nitrogen functional groups attached to an aromatic ring is 1. The summed E-state index contributed by atoms with van der Waals surface area (Å²) in [6.07, 6.45) is 1.93. The van der Waals surface area contributed by atoms with E-state index in [0.717, 1.165) is 16.4 Å². The zero-order valence-corrected chi connectivity index (χ0v) is 7.52. The maximum absolute atomic E-state index is 5.70. The number of aromatic nitrogens is 2. The molecule has 12 heavy (non-hydrogen) atoms. The lowest BCUT2D eigenvalue weighted by atomic mass is 10.2. The monoisotopic (exact) mass is 183 g/mol. The summed E-state index contributed by atoms with van der Waals surface area (Å²) < 4.78 is 5.20. The summed E-state index contributed by atoms with van der Waals surface area (Å²) in [4.78, 5) is 8.39. The second kappa shape index (κ2) is 2.91. The van der Waals surface area contributed by atoms with E-state index in [2.05, 4.69) is 9.97 Å². The summed E-state index contributed by atoms with van der Waals surface area (Å²) in [5.41, 5.74) is 7.59. The smallest absolute Gasteiger partial charge is 0.189 e. The van der Waals surface area contributed by atoms with Crippen molar-refractivity contribution in [1.29, 1.82) is 0 Å². The van der Waals surface area contributed by atoms with E-state index in [1.807, 2.05) is 6.26 Å². The predicted octanol–water partition coefficient (Wildman–Crippen LogP) is 0.811. The molecule has 0 unspecified atom stereocenters. The molecule has 0 saturated heterocycles. The third-order valence-electron chi connectivity index (χ3n) is 1.77. The Morgan fingerprint density at radius 2 is 2.25 bits per heavy atom. The van der Waals surface area contributed by atoms with Crippen LogP contribution in [0.25, 0.3) is 0 Å². The number of thioether (sulfide) groups is 1. The van der Waals surface area contributed by atoms with Crippen molar-refractivity contribution < 1.29 is 4.74 Å². The number of nitrogens with zero attached hydrogens (tertiary/aromatic N) is 2. The van der Waals surface area contributed by atoms with E-state index >= 15 is 0 Å². The lowest BCUT2D eigenvalue weighted by Crippen LogP contribution is -2.01. The van der Waals surface area contributed by atoms with Crippen molar-refractivity contribution >= 4 is 17.6 Å². The molecule has 4 nitrogen and oxygen atoms in total. The summed E-state index contributed by atoms with van der Waals surface area (Å²) in [7, 11) is 0. The SMILES string of the molecule is CSc1nc(N)c2c(n1)COC2. The molecule has 0 saturated carbocycles. The van der Waals surface area contributed by atoms with Gasteiger partial charge in [0.2, 0.25) is 0 Å². The second-order valence-corrected chi connectivity index (χ2v) is 3.29. The van der Waals surface area contributed by atoms with Gasteiger partial charge in [0.1, 0.15) is 5.82 Å². The lowest BCUT2D eigenvalue weighted by Gasteiger charge is -2.01. The van der Waals surface area contributed by atoms with Crippen molar-refractivity contribution in [2.75, 3.05) is 12.0 Å². The number of hydrogen-bond donors (Lipinski definition) is 1. The predicted molar refractivity (Wildman–Crippen MR) is 46.7 cm³/mol. The van der Waals surface area contributed by atoms with Crippen molar-refractivity contribution in [1.82, 2.24) is 9.97 Å². The lowest BCUT2D eigenvalue weighted by molar-refractivity contribution is 0.133. The molecule has 0 amide bonds. The molecule has 2 rings (SSSR count). The fourth-order valence-electron chi connectivity index (χ4n) is 1.14. The van der Waals surface area contributed by atoms with Gasteiger partial charge in [-0.1, -0.05) is 11.8 Å². The van der Waals surface area contributed by atoms with Crippen LogP contribution in [0.15, 0.2) is 5.16 Å². The number of nitrogens with two attached hydrogens (primary N) is 1. The molecular formula is C7H9N3OS. The van der Waals surface area contributed by atoms with Gasteiger partial charge in [0.15, 0.2) is 5.16 Å². The van der Waals surface area contributed by atoms with Crippen LogP contribution in [-0.4, -0.2) is 16.2 Å². The van der Waals surface area contributed by atoms with Crippen LogP contribution < -0.4 is 5.73 Å². The number of anilines is 1. The minimum absolute atomic E-state index is 0.551. The van der Waals surface area contributed by atoms with Gasteiger partial charge in [-0.2, -0.15) is 0 Å². The summed E-state index contributed by atoms with van der Waals surface area (Å²) in [5, 5.41) is 0.719. The Bertz CT molecular complexity index is 316. The average molecular weight is 183 g/mol. The highest BCUT2D eigenvalue weighted by atomic mass is 32.2. The highest BCUT2D eigenvalue weighted by Crippen LogP contribution is 2.24. The van der Waals surface area contributed by atoms with Gasteiger partial charge in [-0.15, -0.1) is 0 Å². The molecule has 1 aliphatic rings. The number of hydrogen-bond acceptors (Lipinski definition) is 5. The maximum Gasteiger partial charge on any atom is 0.189 e. The highest BCUT2D eigenvalue weighted by molar-refractivity contribution is 7.98. The van der Waals surface area contributed by atoms with Crippen LogP contribution in [0.4, 0.5) is 5.82 Å². The molecule has 0 aliphatic carbocycles. The van der Waals surface area contributed by atoms with Gasteiger partial charge in [0.05, 0.1) is 18.9 Å². The quantitative estimate of drug-likeness (QED) is 0.515. The molecule has 0 radical (unpaired) electrons. The molecule has 0 atom stereocenters. The van der Waals surface area contributed by atoms with Crippen LogP contribution in [0.5, 0.6) is 0 Å². The van der Waals surface area contributed by atoms with Crippen molar-refractivity contribution in [3.05, 3.63) is 11.3 Å². The molecule has 2 N–H and O–H groups in total. The molecule has 0 spiro atoms. The summed E-state index contributed by atoms with van der Waals surface area (Å²) >= 11 is 1.49. The average Bonchev–Trinajstić information content (AvgIpc) is 2.52. The standard InChI is InChI=1S/C7H9N3OS/c1-12-7-9-5-3-11-2-4(5)6(8)10-7/h2-3H2,1H3,(H2,8,9,10). The van der Waals surface area contributed by atoms with Gasteiger partial charge in [-0.25, -0.2) is 9.97 Å². The van der Waals surface area contributed by atoms with Crippen LogP contribution in [-0.2, 0) is 18.0 Å². The van der Waals surface area contributed by atoms with E-state index in [9.17, 15) is 0 Å². The van der Waals surface area contributed by atoms with Gasteiger partial charge in [0, 0.05) is 5.56 Å². The van der Waals surface area contributed by atoms with Gasteiger partial charge in [-0.05, 0) is 6.26 Å². The number of fused-ring (bicyclic) bond motifs is 1. The highest BCUT2D eigenvalue weighted by Gasteiger charge is 2.17. The first kappa shape index (κ1) is 7.82. The molecular weight excluding hydrogens is 174 g/mol. The molecule has 1 aromatic rings. The fourth-order valence-corrected chi connectivity index (χ4v) is 1.54. The van der Waals surface area contributed by atoms with Crippen LogP contribution in [0.3, 0.4) is 0 Å². The molecule has 64 valence electrons. The van der Waals surface area contributed by atoms with Crippen LogP contribution in [0.1, 0.15) is 11.3 Å². The zero-order chi connectivity index (χ0) is 8.55. The number of rotatable bonds is 1. The Kier molecular flexibility index (Phi) is 1.90. The van der Waals surface area contributed by atoms with Crippen LogP contribution in [0.2, 0.25) is 0 Å². The molecule has 0 aromatic carbocycles. The Hall–Kier alpha value is -0.810. The van der Waals surface area contributed by atoms with E-state index < -0.39 is 0 Å². The van der Waals surface area contributed by atoms with E-state index in [1.165, 1.54) is 11.8 Å². The molecule has 0 bridgehead atoms. The Balaban J connectivity index is 2.51. The Labute approximate surface area is 74.5 Å². The Morgan fingerprint density at radius 1 is 1.42 bits per heavy atom. The first-order chi connectivity index (χ1) is 5.81. The second-order valence-electron chi connectivity index (χ2n) is 2.51. The van der Waals surface area contributed by atoms with Crippen molar-refractivity contribution in [3.63, 3.8) is 0 Å². The molecule has 1 aromatic heterocycles. The first-order valence-electron chi connectivity index (χ1n) is 3.58. The largest absolute Gasteiger partial charge is 0.383 e. The molecule has 5 heteroatoms. The van der Waals surface area contributed by atoms with Gasteiger partial charge in [0.25, 0.3) is 0 Å². The van der Waals surface area contributed by atoms with Gasteiger partial charge >= 0.3 is 0 Å². The molecule has 1 aliphatic heterocycles. The molecule has 0 fully saturated rings. The third-order valence-corrected chi connectivity index (χ3v) is 2.32.